The van der Waals surface area contributed by atoms with Gasteiger partial charge in [0.25, 0.3) is 0 Å². The van der Waals surface area contributed by atoms with E-state index in [2.05, 4.69) is 29.3 Å². The molecule has 6 rings (SSSR count). The average molecular weight is 281 g/mol. The molecule has 110 valence electrons. The summed E-state index contributed by atoms with van der Waals surface area (Å²) in [6.45, 7) is 0.849. The SMILES string of the molecule is C1=NCC(C2C3CC4CC(C3)CC2C4)Oc2ccccc21. The van der Waals surface area contributed by atoms with Gasteiger partial charge in [0.1, 0.15) is 11.9 Å². The lowest BCUT2D eigenvalue weighted by molar-refractivity contribution is -0.0789. The van der Waals surface area contributed by atoms with Crippen molar-refractivity contribution in [1.29, 1.82) is 0 Å². The van der Waals surface area contributed by atoms with E-state index in [0.717, 1.165) is 47.4 Å². The first-order valence-electron chi connectivity index (χ1n) is 8.62. The molecular formula is C19H23NO. The molecule has 1 aliphatic heterocycles. The molecule has 4 fully saturated rings. The summed E-state index contributed by atoms with van der Waals surface area (Å²) in [5.74, 6) is 5.67. The molecule has 1 heterocycles. The van der Waals surface area contributed by atoms with Crippen LogP contribution in [-0.4, -0.2) is 18.9 Å². The van der Waals surface area contributed by atoms with E-state index in [1.165, 1.54) is 32.1 Å². The molecule has 0 saturated heterocycles. The fraction of sp³-hybridized carbons (Fsp3) is 0.632. The molecule has 1 unspecified atom stereocenters. The maximum Gasteiger partial charge on any atom is 0.128 e. The smallest absolute Gasteiger partial charge is 0.128 e. The van der Waals surface area contributed by atoms with Gasteiger partial charge in [-0.3, -0.25) is 4.99 Å². The molecule has 4 bridgehead atoms. The number of para-hydroxylation sites is 1. The third-order valence-corrected chi connectivity index (χ3v) is 6.44. The van der Waals surface area contributed by atoms with Crippen LogP contribution in [0.15, 0.2) is 29.3 Å². The van der Waals surface area contributed by atoms with Crippen molar-refractivity contribution >= 4 is 6.21 Å². The lowest BCUT2D eigenvalue weighted by atomic mass is 9.51. The van der Waals surface area contributed by atoms with Crippen molar-refractivity contribution in [3.05, 3.63) is 29.8 Å². The summed E-state index contributed by atoms with van der Waals surface area (Å²) >= 11 is 0. The topological polar surface area (TPSA) is 21.6 Å². The van der Waals surface area contributed by atoms with Gasteiger partial charge in [-0.15, -0.1) is 0 Å². The number of hydrogen-bond donors (Lipinski definition) is 0. The summed E-state index contributed by atoms with van der Waals surface area (Å²) in [6, 6.07) is 8.36. The lowest BCUT2D eigenvalue weighted by Crippen LogP contribution is -2.51. The molecule has 4 saturated carbocycles. The number of nitrogens with zero attached hydrogens (tertiary/aromatic N) is 1. The molecule has 21 heavy (non-hydrogen) atoms. The number of rotatable bonds is 1. The number of ether oxygens (including phenoxy) is 1. The second-order valence-electron chi connectivity index (χ2n) is 7.70. The number of hydrogen-bond acceptors (Lipinski definition) is 2. The van der Waals surface area contributed by atoms with Crippen LogP contribution in [0.1, 0.15) is 37.7 Å². The Kier molecular flexibility index (Phi) is 2.68. The van der Waals surface area contributed by atoms with Gasteiger partial charge in [0.15, 0.2) is 0 Å². The van der Waals surface area contributed by atoms with Gasteiger partial charge in [0.05, 0.1) is 6.54 Å². The van der Waals surface area contributed by atoms with Gasteiger partial charge in [-0.25, -0.2) is 0 Å². The van der Waals surface area contributed by atoms with Crippen molar-refractivity contribution in [3.8, 4) is 5.75 Å². The van der Waals surface area contributed by atoms with Gasteiger partial charge in [-0.1, -0.05) is 12.1 Å². The Balaban J connectivity index is 1.45. The monoisotopic (exact) mass is 281 g/mol. The molecule has 2 heteroatoms. The number of fused-ring (bicyclic) bond motifs is 1. The molecular weight excluding hydrogens is 258 g/mol. The second kappa shape index (κ2) is 4.59. The molecule has 1 aromatic carbocycles. The summed E-state index contributed by atoms with van der Waals surface area (Å²) in [5, 5.41) is 0. The molecule has 1 aromatic rings. The zero-order valence-electron chi connectivity index (χ0n) is 12.4. The third-order valence-electron chi connectivity index (χ3n) is 6.44. The van der Waals surface area contributed by atoms with E-state index in [-0.39, 0.29) is 0 Å². The van der Waals surface area contributed by atoms with Crippen LogP contribution < -0.4 is 4.74 Å². The fourth-order valence-corrected chi connectivity index (χ4v) is 5.92. The van der Waals surface area contributed by atoms with Gasteiger partial charge in [-0.05, 0) is 67.9 Å². The quantitative estimate of drug-likeness (QED) is 0.764. The summed E-state index contributed by atoms with van der Waals surface area (Å²) in [5.41, 5.74) is 1.14. The molecule has 1 atom stereocenters. The van der Waals surface area contributed by atoms with Crippen molar-refractivity contribution in [2.45, 2.75) is 38.2 Å². The van der Waals surface area contributed by atoms with E-state index in [4.69, 9.17) is 4.74 Å². The molecule has 4 aliphatic carbocycles. The normalized spacial score (nSPS) is 43.2. The van der Waals surface area contributed by atoms with Crippen molar-refractivity contribution in [3.63, 3.8) is 0 Å². The Hall–Kier alpha value is -1.31. The van der Waals surface area contributed by atoms with Crippen molar-refractivity contribution in [1.82, 2.24) is 0 Å². The predicted molar refractivity (Wildman–Crippen MR) is 83.9 cm³/mol. The Morgan fingerprint density at radius 1 is 0.905 bits per heavy atom. The maximum atomic E-state index is 6.46. The van der Waals surface area contributed by atoms with E-state index in [1.807, 2.05) is 6.21 Å². The molecule has 5 aliphatic rings. The third kappa shape index (κ3) is 1.95. The van der Waals surface area contributed by atoms with Gasteiger partial charge < -0.3 is 4.74 Å². The maximum absolute atomic E-state index is 6.46. The molecule has 0 aromatic heterocycles. The van der Waals surface area contributed by atoms with Crippen LogP contribution in [0.3, 0.4) is 0 Å². The van der Waals surface area contributed by atoms with Crippen LogP contribution in [0.25, 0.3) is 0 Å². The standard InChI is InChI=1S/C19H23NO/c1-2-4-17-14(3-1)10-20-11-18(21-17)19-15-6-12-5-13(8-15)9-16(19)7-12/h1-4,10,12-13,15-16,18-19H,5-9,11H2. The summed E-state index contributed by atoms with van der Waals surface area (Å²) in [7, 11) is 0. The van der Waals surface area contributed by atoms with Gasteiger partial charge in [0, 0.05) is 17.7 Å². The Bertz CT molecular complexity index is 551. The fourth-order valence-electron chi connectivity index (χ4n) is 5.92. The molecule has 0 spiro atoms. The molecule has 2 nitrogen and oxygen atoms in total. The minimum Gasteiger partial charge on any atom is -0.488 e. The van der Waals surface area contributed by atoms with Crippen LogP contribution in [-0.2, 0) is 0 Å². The highest BCUT2D eigenvalue weighted by molar-refractivity contribution is 5.83. The van der Waals surface area contributed by atoms with Gasteiger partial charge in [0.2, 0.25) is 0 Å². The predicted octanol–water partition coefficient (Wildman–Crippen LogP) is 3.94. The highest BCUT2D eigenvalue weighted by atomic mass is 16.5. The average Bonchev–Trinajstić information content (AvgIpc) is 2.68. The summed E-state index contributed by atoms with van der Waals surface area (Å²) in [6.07, 6.45) is 9.68. The van der Waals surface area contributed by atoms with Crippen LogP contribution in [0, 0.1) is 29.6 Å². The van der Waals surface area contributed by atoms with E-state index in [0.29, 0.717) is 6.10 Å². The first-order valence-corrected chi connectivity index (χ1v) is 8.62. The lowest BCUT2D eigenvalue weighted by Gasteiger charge is -2.55. The highest BCUT2D eigenvalue weighted by Crippen LogP contribution is 2.57. The zero-order chi connectivity index (χ0) is 13.8. The molecule has 0 radical (unpaired) electrons. The van der Waals surface area contributed by atoms with Gasteiger partial charge >= 0.3 is 0 Å². The zero-order valence-corrected chi connectivity index (χ0v) is 12.4. The highest BCUT2D eigenvalue weighted by Gasteiger charge is 2.51. The Morgan fingerprint density at radius 3 is 2.38 bits per heavy atom. The summed E-state index contributed by atoms with van der Waals surface area (Å²) in [4.78, 5) is 4.68. The van der Waals surface area contributed by atoms with Crippen LogP contribution in [0.4, 0.5) is 0 Å². The first-order chi connectivity index (χ1) is 10.4. The minimum atomic E-state index is 0.305. The van der Waals surface area contributed by atoms with Crippen molar-refractivity contribution in [2.75, 3.05) is 6.54 Å². The molecule has 0 N–H and O–H groups in total. The summed E-state index contributed by atoms with van der Waals surface area (Å²) < 4.78 is 6.46. The van der Waals surface area contributed by atoms with Crippen molar-refractivity contribution < 1.29 is 4.74 Å². The Morgan fingerprint density at radius 2 is 1.62 bits per heavy atom. The van der Waals surface area contributed by atoms with E-state index >= 15 is 0 Å². The van der Waals surface area contributed by atoms with Crippen molar-refractivity contribution in [2.24, 2.45) is 34.6 Å². The number of aliphatic imine (C=N–C) groups is 1. The van der Waals surface area contributed by atoms with E-state index < -0.39 is 0 Å². The molecule has 0 amide bonds. The van der Waals surface area contributed by atoms with E-state index in [9.17, 15) is 0 Å². The first kappa shape index (κ1) is 12.3. The van der Waals surface area contributed by atoms with Crippen LogP contribution >= 0.6 is 0 Å². The van der Waals surface area contributed by atoms with Crippen LogP contribution in [0.5, 0.6) is 5.75 Å². The Labute approximate surface area is 126 Å². The number of benzene rings is 1. The van der Waals surface area contributed by atoms with Gasteiger partial charge in [-0.2, -0.15) is 0 Å². The minimum absolute atomic E-state index is 0.305. The van der Waals surface area contributed by atoms with E-state index in [1.54, 1.807) is 0 Å². The second-order valence-corrected chi connectivity index (χ2v) is 7.70. The largest absolute Gasteiger partial charge is 0.488 e. The van der Waals surface area contributed by atoms with Crippen LogP contribution in [0.2, 0.25) is 0 Å².